The summed E-state index contributed by atoms with van der Waals surface area (Å²) in [6.07, 6.45) is 3.44. The summed E-state index contributed by atoms with van der Waals surface area (Å²) in [6, 6.07) is 4.10. The summed E-state index contributed by atoms with van der Waals surface area (Å²) in [6.45, 7) is 0.634. The molecule has 3 nitrogen and oxygen atoms in total. The number of thiophene rings is 1. The van der Waals surface area contributed by atoms with Crippen LogP contribution in [-0.2, 0) is 16.0 Å². The molecule has 1 heterocycles. The number of hydrogen-bond acceptors (Lipinski definition) is 3. The van der Waals surface area contributed by atoms with E-state index in [2.05, 4.69) is 6.07 Å². The molecule has 0 saturated heterocycles. The van der Waals surface area contributed by atoms with Gasteiger partial charge in [-0.15, -0.1) is 11.3 Å². The molecule has 0 radical (unpaired) electrons. The van der Waals surface area contributed by atoms with E-state index in [4.69, 9.17) is 9.84 Å². The number of carbonyl (C=O) groups is 1. The summed E-state index contributed by atoms with van der Waals surface area (Å²) < 4.78 is 5.68. The smallest absolute Gasteiger partial charge is 0.309 e. The minimum absolute atomic E-state index is 0.0718. The van der Waals surface area contributed by atoms with E-state index in [1.807, 2.05) is 11.4 Å². The van der Waals surface area contributed by atoms with Gasteiger partial charge in [-0.25, -0.2) is 0 Å². The van der Waals surface area contributed by atoms with Gasteiger partial charge in [0.15, 0.2) is 0 Å². The van der Waals surface area contributed by atoms with Gasteiger partial charge < -0.3 is 9.84 Å². The molecule has 0 amide bonds. The van der Waals surface area contributed by atoms with E-state index in [-0.39, 0.29) is 12.0 Å². The summed E-state index contributed by atoms with van der Waals surface area (Å²) in [4.78, 5) is 12.2. The van der Waals surface area contributed by atoms with Crippen LogP contribution in [0.4, 0.5) is 0 Å². The van der Waals surface area contributed by atoms with Crippen molar-refractivity contribution >= 4 is 17.3 Å². The molecule has 4 heteroatoms. The molecule has 0 aliphatic heterocycles. The van der Waals surface area contributed by atoms with Crippen LogP contribution in [0.25, 0.3) is 0 Å². The van der Waals surface area contributed by atoms with Crippen molar-refractivity contribution in [3.63, 3.8) is 0 Å². The molecule has 1 N–H and O–H groups in total. The second-order valence-electron chi connectivity index (χ2n) is 4.11. The maximum atomic E-state index is 10.9. The third kappa shape index (κ3) is 2.83. The molecule has 88 valence electrons. The Bertz CT molecular complexity index is 334. The third-order valence-corrected chi connectivity index (χ3v) is 3.97. The lowest BCUT2D eigenvalue weighted by atomic mass is 10.1. The maximum Gasteiger partial charge on any atom is 0.309 e. The fourth-order valence-electron chi connectivity index (χ4n) is 2.17. The minimum atomic E-state index is -0.710. The average molecular weight is 240 g/mol. The number of rotatable bonds is 5. The van der Waals surface area contributed by atoms with Gasteiger partial charge in [-0.05, 0) is 30.7 Å². The fourth-order valence-corrected chi connectivity index (χ4v) is 2.86. The van der Waals surface area contributed by atoms with Crippen molar-refractivity contribution in [2.24, 2.45) is 5.92 Å². The van der Waals surface area contributed by atoms with E-state index in [0.29, 0.717) is 6.61 Å². The first-order chi connectivity index (χ1) is 7.77. The standard InChI is InChI=1S/C12H16O3S/c13-12(14)10-4-1-5-11(10)15-7-6-9-3-2-8-16-9/h2-3,8,10-11H,1,4-7H2,(H,13,14). The van der Waals surface area contributed by atoms with E-state index in [0.717, 1.165) is 25.7 Å². The van der Waals surface area contributed by atoms with Crippen LogP contribution in [0.15, 0.2) is 17.5 Å². The highest BCUT2D eigenvalue weighted by molar-refractivity contribution is 7.09. The predicted molar refractivity (Wildman–Crippen MR) is 62.7 cm³/mol. The zero-order valence-electron chi connectivity index (χ0n) is 9.09. The van der Waals surface area contributed by atoms with Crippen LogP contribution < -0.4 is 0 Å². The highest BCUT2D eigenvalue weighted by atomic mass is 32.1. The van der Waals surface area contributed by atoms with E-state index in [9.17, 15) is 4.79 Å². The van der Waals surface area contributed by atoms with Crippen LogP contribution in [0, 0.1) is 5.92 Å². The van der Waals surface area contributed by atoms with Crippen molar-refractivity contribution in [1.82, 2.24) is 0 Å². The van der Waals surface area contributed by atoms with Crippen LogP contribution in [-0.4, -0.2) is 23.8 Å². The summed E-state index contributed by atoms with van der Waals surface area (Å²) >= 11 is 1.72. The van der Waals surface area contributed by atoms with Crippen LogP contribution in [0.2, 0.25) is 0 Å². The van der Waals surface area contributed by atoms with Gasteiger partial charge in [-0.3, -0.25) is 4.79 Å². The normalized spacial score (nSPS) is 24.8. The molecule has 1 aromatic heterocycles. The summed E-state index contributed by atoms with van der Waals surface area (Å²) in [7, 11) is 0. The number of carboxylic acid groups (broad SMARTS) is 1. The molecule has 1 saturated carbocycles. The van der Waals surface area contributed by atoms with E-state index >= 15 is 0 Å². The number of ether oxygens (including phenoxy) is 1. The van der Waals surface area contributed by atoms with Crippen molar-refractivity contribution in [3.8, 4) is 0 Å². The highest BCUT2D eigenvalue weighted by Crippen LogP contribution is 2.28. The molecule has 2 atom stereocenters. The Morgan fingerprint density at radius 3 is 3.12 bits per heavy atom. The van der Waals surface area contributed by atoms with Gasteiger partial charge in [0, 0.05) is 11.3 Å². The zero-order valence-corrected chi connectivity index (χ0v) is 9.91. The topological polar surface area (TPSA) is 46.5 Å². The Balaban J connectivity index is 1.75. The van der Waals surface area contributed by atoms with Gasteiger partial charge in [-0.2, -0.15) is 0 Å². The first-order valence-corrected chi connectivity index (χ1v) is 6.52. The minimum Gasteiger partial charge on any atom is -0.481 e. The molecule has 0 bridgehead atoms. The van der Waals surface area contributed by atoms with Crippen LogP contribution in [0.5, 0.6) is 0 Å². The molecular formula is C12H16O3S. The lowest BCUT2D eigenvalue weighted by Crippen LogP contribution is -2.26. The lowest BCUT2D eigenvalue weighted by Gasteiger charge is -2.16. The SMILES string of the molecule is O=C(O)C1CCCC1OCCc1cccs1. The highest BCUT2D eigenvalue weighted by Gasteiger charge is 2.33. The number of hydrogen-bond donors (Lipinski definition) is 1. The van der Waals surface area contributed by atoms with Crippen LogP contribution in [0.3, 0.4) is 0 Å². The molecule has 2 unspecified atom stereocenters. The van der Waals surface area contributed by atoms with Gasteiger partial charge in [0.05, 0.1) is 18.6 Å². The first-order valence-electron chi connectivity index (χ1n) is 5.64. The summed E-state index contributed by atoms with van der Waals surface area (Å²) in [5.74, 6) is -0.998. The lowest BCUT2D eigenvalue weighted by molar-refractivity contribution is -0.146. The molecule has 0 spiro atoms. The summed E-state index contributed by atoms with van der Waals surface area (Å²) in [5, 5.41) is 11.0. The van der Waals surface area contributed by atoms with E-state index in [1.54, 1.807) is 11.3 Å². The van der Waals surface area contributed by atoms with Gasteiger partial charge in [0.2, 0.25) is 0 Å². The Hall–Kier alpha value is -0.870. The molecule has 16 heavy (non-hydrogen) atoms. The Morgan fingerprint density at radius 1 is 1.56 bits per heavy atom. The monoisotopic (exact) mass is 240 g/mol. The second kappa shape index (κ2) is 5.46. The van der Waals surface area contributed by atoms with Gasteiger partial charge in [0.1, 0.15) is 0 Å². The fraction of sp³-hybridized carbons (Fsp3) is 0.583. The second-order valence-corrected chi connectivity index (χ2v) is 5.15. The summed E-state index contributed by atoms with van der Waals surface area (Å²) in [5.41, 5.74) is 0. The van der Waals surface area contributed by atoms with E-state index < -0.39 is 5.97 Å². The van der Waals surface area contributed by atoms with Gasteiger partial charge in [-0.1, -0.05) is 6.07 Å². The van der Waals surface area contributed by atoms with Crippen LogP contribution in [0.1, 0.15) is 24.1 Å². The number of aliphatic carboxylic acids is 1. The Labute approximate surface area is 99.1 Å². The molecule has 2 rings (SSSR count). The van der Waals surface area contributed by atoms with Gasteiger partial charge >= 0.3 is 5.97 Å². The first kappa shape index (κ1) is 11.6. The molecule has 1 fully saturated rings. The quantitative estimate of drug-likeness (QED) is 0.860. The predicted octanol–water partition coefficient (Wildman–Crippen LogP) is 2.56. The molecule has 1 aliphatic rings. The molecular weight excluding hydrogens is 224 g/mol. The van der Waals surface area contributed by atoms with Crippen molar-refractivity contribution in [2.75, 3.05) is 6.61 Å². The zero-order chi connectivity index (χ0) is 11.4. The van der Waals surface area contributed by atoms with Crippen molar-refractivity contribution in [2.45, 2.75) is 31.8 Å². The van der Waals surface area contributed by atoms with Gasteiger partial charge in [0.25, 0.3) is 0 Å². The molecule has 1 aliphatic carbocycles. The van der Waals surface area contributed by atoms with Crippen molar-refractivity contribution in [3.05, 3.63) is 22.4 Å². The van der Waals surface area contributed by atoms with Crippen molar-refractivity contribution in [1.29, 1.82) is 0 Å². The third-order valence-electron chi connectivity index (χ3n) is 3.03. The Kier molecular flexibility index (Phi) is 3.96. The van der Waals surface area contributed by atoms with E-state index in [1.165, 1.54) is 4.88 Å². The van der Waals surface area contributed by atoms with Crippen LogP contribution >= 0.6 is 11.3 Å². The average Bonchev–Trinajstić information content (AvgIpc) is 2.87. The molecule has 0 aromatic carbocycles. The largest absolute Gasteiger partial charge is 0.481 e. The van der Waals surface area contributed by atoms with Crippen molar-refractivity contribution < 1.29 is 14.6 Å². The Morgan fingerprint density at radius 2 is 2.44 bits per heavy atom. The molecule has 1 aromatic rings. The number of carboxylic acids is 1. The maximum absolute atomic E-state index is 10.9.